The van der Waals surface area contributed by atoms with E-state index in [9.17, 15) is 4.39 Å². The molecular weight excluding hydrogens is 286 g/mol. The zero-order valence-corrected chi connectivity index (χ0v) is 12.6. The molecule has 2 nitrogen and oxygen atoms in total. The fourth-order valence-electron chi connectivity index (χ4n) is 2.49. The van der Waals surface area contributed by atoms with Crippen LogP contribution in [0.2, 0.25) is 10.0 Å². The highest BCUT2D eigenvalue weighted by Crippen LogP contribution is 2.36. The van der Waals surface area contributed by atoms with Gasteiger partial charge in [0.1, 0.15) is 5.82 Å². The highest BCUT2D eigenvalue weighted by atomic mass is 35.5. The minimum atomic E-state index is -0.391. The van der Waals surface area contributed by atoms with E-state index >= 15 is 0 Å². The molecule has 0 atom stereocenters. The smallest absolute Gasteiger partial charge is 0.126 e. The van der Waals surface area contributed by atoms with Gasteiger partial charge in [-0.1, -0.05) is 30.1 Å². The first-order valence-electron chi connectivity index (χ1n) is 6.74. The number of nitrogens with one attached hydrogen (secondary N) is 1. The molecule has 1 aliphatic rings. The minimum Gasteiger partial charge on any atom is -0.369 e. The zero-order chi connectivity index (χ0) is 13.8. The predicted octanol–water partition coefficient (Wildman–Crippen LogP) is 4.10. The molecule has 1 aromatic carbocycles. The molecule has 0 spiro atoms. The average molecular weight is 305 g/mol. The number of hydrogen-bond acceptors (Lipinski definition) is 2. The lowest BCUT2D eigenvalue weighted by Gasteiger charge is -2.35. The van der Waals surface area contributed by atoms with E-state index in [2.05, 4.69) is 17.1 Å². The summed E-state index contributed by atoms with van der Waals surface area (Å²) in [7, 11) is 0. The Balaban J connectivity index is 2.02. The van der Waals surface area contributed by atoms with Gasteiger partial charge in [-0.3, -0.25) is 0 Å². The van der Waals surface area contributed by atoms with Crippen LogP contribution in [-0.4, -0.2) is 25.7 Å². The molecule has 2 rings (SSSR count). The van der Waals surface area contributed by atoms with Gasteiger partial charge in [0.05, 0.1) is 15.7 Å². The Hall–Kier alpha value is -0.510. The third kappa shape index (κ3) is 3.74. The van der Waals surface area contributed by atoms with Crippen molar-refractivity contribution < 1.29 is 4.39 Å². The molecule has 1 aliphatic heterocycles. The molecule has 5 heteroatoms. The topological polar surface area (TPSA) is 15.3 Å². The SMILES string of the molecule is CCCNC1CCN(c2c(Cl)cc(F)cc2Cl)CC1. The highest BCUT2D eigenvalue weighted by molar-refractivity contribution is 6.39. The lowest BCUT2D eigenvalue weighted by molar-refractivity contribution is 0.416. The lowest BCUT2D eigenvalue weighted by atomic mass is 10.0. The Kier molecular flexibility index (Phi) is 5.31. The maximum absolute atomic E-state index is 13.2. The Morgan fingerprint density at radius 3 is 2.37 bits per heavy atom. The average Bonchev–Trinajstić information content (AvgIpc) is 2.36. The van der Waals surface area contributed by atoms with Crippen molar-refractivity contribution in [2.24, 2.45) is 0 Å². The van der Waals surface area contributed by atoms with Crippen LogP contribution >= 0.6 is 23.2 Å². The molecule has 106 valence electrons. The highest BCUT2D eigenvalue weighted by Gasteiger charge is 2.22. The Labute approximate surface area is 123 Å². The van der Waals surface area contributed by atoms with Gasteiger partial charge in [0.2, 0.25) is 0 Å². The number of benzene rings is 1. The van der Waals surface area contributed by atoms with Crippen molar-refractivity contribution in [3.8, 4) is 0 Å². The van der Waals surface area contributed by atoms with Crippen molar-refractivity contribution in [3.63, 3.8) is 0 Å². The first kappa shape index (κ1) is 14.9. The van der Waals surface area contributed by atoms with E-state index in [4.69, 9.17) is 23.2 Å². The summed E-state index contributed by atoms with van der Waals surface area (Å²) in [6, 6.07) is 3.21. The molecular formula is C14H19Cl2FN2. The van der Waals surface area contributed by atoms with Gasteiger partial charge in [-0.25, -0.2) is 4.39 Å². The van der Waals surface area contributed by atoms with Gasteiger partial charge in [-0.05, 0) is 37.9 Å². The maximum Gasteiger partial charge on any atom is 0.126 e. The van der Waals surface area contributed by atoms with Gasteiger partial charge in [0.15, 0.2) is 0 Å². The number of nitrogens with zero attached hydrogens (tertiary/aromatic N) is 1. The predicted molar refractivity (Wildman–Crippen MR) is 79.9 cm³/mol. The Morgan fingerprint density at radius 2 is 1.84 bits per heavy atom. The third-order valence-corrected chi connectivity index (χ3v) is 4.05. The summed E-state index contributed by atoms with van der Waals surface area (Å²) in [5.41, 5.74) is 0.763. The van der Waals surface area contributed by atoms with E-state index in [1.165, 1.54) is 12.1 Å². The summed E-state index contributed by atoms with van der Waals surface area (Å²) in [5, 5.41) is 4.32. The molecule has 19 heavy (non-hydrogen) atoms. The standard InChI is InChI=1S/C14H19Cl2FN2/c1-2-5-18-11-3-6-19(7-4-11)14-12(15)8-10(17)9-13(14)16/h8-9,11,18H,2-7H2,1H3. The third-order valence-electron chi connectivity index (χ3n) is 3.48. The number of anilines is 1. The van der Waals surface area contributed by atoms with E-state index in [-0.39, 0.29) is 0 Å². The van der Waals surface area contributed by atoms with Crippen LogP contribution in [0.3, 0.4) is 0 Å². The van der Waals surface area contributed by atoms with Crippen LogP contribution in [0.15, 0.2) is 12.1 Å². The van der Waals surface area contributed by atoms with Crippen molar-refractivity contribution in [2.75, 3.05) is 24.5 Å². The van der Waals surface area contributed by atoms with Gasteiger partial charge in [-0.15, -0.1) is 0 Å². The summed E-state index contributed by atoms with van der Waals surface area (Å²) in [4.78, 5) is 2.15. The van der Waals surface area contributed by atoms with Crippen LogP contribution in [0.5, 0.6) is 0 Å². The molecule has 0 aromatic heterocycles. The first-order valence-corrected chi connectivity index (χ1v) is 7.50. The lowest BCUT2D eigenvalue weighted by Crippen LogP contribution is -2.43. The summed E-state index contributed by atoms with van der Waals surface area (Å²) in [5.74, 6) is -0.391. The molecule has 0 unspecified atom stereocenters. The summed E-state index contributed by atoms with van der Waals surface area (Å²) >= 11 is 12.2. The quantitative estimate of drug-likeness (QED) is 0.901. The summed E-state index contributed by atoms with van der Waals surface area (Å²) in [6.07, 6.45) is 3.27. The number of rotatable bonds is 4. The molecule has 1 aromatic rings. The summed E-state index contributed by atoms with van der Waals surface area (Å²) < 4.78 is 13.2. The van der Waals surface area contributed by atoms with Crippen LogP contribution in [0, 0.1) is 5.82 Å². The second kappa shape index (κ2) is 6.78. The Bertz CT molecular complexity index is 408. The largest absolute Gasteiger partial charge is 0.369 e. The van der Waals surface area contributed by atoms with Crippen molar-refractivity contribution in [1.82, 2.24) is 5.32 Å². The van der Waals surface area contributed by atoms with Crippen LogP contribution in [-0.2, 0) is 0 Å². The molecule has 1 saturated heterocycles. The minimum absolute atomic E-state index is 0.391. The van der Waals surface area contributed by atoms with Crippen molar-refractivity contribution in [1.29, 1.82) is 0 Å². The Morgan fingerprint density at radius 1 is 1.26 bits per heavy atom. The van der Waals surface area contributed by atoms with E-state index in [0.717, 1.165) is 44.6 Å². The van der Waals surface area contributed by atoms with Crippen LogP contribution in [0.1, 0.15) is 26.2 Å². The first-order chi connectivity index (χ1) is 9.11. The van der Waals surface area contributed by atoms with E-state index in [0.29, 0.717) is 16.1 Å². The summed E-state index contributed by atoms with van der Waals surface area (Å²) in [6.45, 7) is 5.02. The number of piperidine rings is 1. The van der Waals surface area contributed by atoms with E-state index in [1.54, 1.807) is 0 Å². The van der Waals surface area contributed by atoms with Crippen molar-refractivity contribution in [2.45, 2.75) is 32.2 Å². The molecule has 0 aliphatic carbocycles. The second-order valence-corrected chi connectivity index (χ2v) is 5.75. The number of halogens is 3. The van der Waals surface area contributed by atoms with Gasteiger partial charge < -0.3 is 10.2 Å². The monoisotopic (exact) mass is 304 g/mol. The fourth-order valence-corrected chi connectivity index (χ4v) is 3.19. The number of hydrogen-bond donors (Lipinski definition) is 1. The molecule has 0 saturated carbocycles. The normalized spacial score (nSPS) is 16.9. The van der Waals surface area contributed by atoms with Gasteiger partial charge in [0.25, 0.3) is 0 Å². The van der Waals surface area contributed by atoms with Gasteiger partial charge in [0, 0.05) is 19.1 Å². The second-order valence-electron chi connectivity index (χ2n) is 4.93. The van der Waals surface area contributed by atoms with Crippen molar-refractivity contribution >= 4 is 28.9 Å². The van der Waals surface area contributed by atoms with Crippen LogP contribution < -0.4 is 10.2 Å². The molecule has 0 amide bonds. The van der Waals surface area contributed by atoms with Gasteiger partial charge in [-0.2, -0.15) is 0 Å². The molecule has 0 radical (unpaired) electrons. The molecule has 1 fully saturated rings. The zero-order valence-electron chi connectivity index (χ0n) is 11.1. The molecule has 1 heterocycles. The van der Waals surface area contributed by atoms with Gasteiger partial charge >= 0.3 is 0 Å². The fraction of sp³-hybridized carbons (Fsp3) is 0.571. The maximum atomic E-state index is 13.2. The molecule has 1 N–H and O–H groups in total. The van der Waals surface area contributed by atoms with E-state index < -0.39 is 5.82 Å². The van der Waals surface area contributed by atoms with E-state index in [1.807, 2.05) is 0 Å². The van der Waals surface area contributed by atoms with Crippen LogP contribution in [0.4, 0.5) is 10.1 Å². The van der Waals surface area contributed by atoms with Crippen molar-refractivity contribution in [3.05, 3.63) is 28.0 Å². The molecule has 0 bridgehead atoms. The van der Waals surface area contributed by atoms with Crippen LogP contribution in [0.25, 0.3) is 0 Å².